The van der Waals surface area contributed by atoms with Gasteiger partial charge in [0, 0.05) is 0 Å². The Morgan fingerprint density at radius 1 is 1.60 bits per heavy atom. The Hall–Kier alpha value is -1.30. The number of alkyl halides is 1. The highest BCUT2D eigenvalue weighted by Crippen LogP contribution is 2.19. The molecule has 0 aromatic heterocycles. The molecule has 7 heteroatoms. The first kappa shape index (κ1) is 11.8. The predicted octanol–water partition coefficient (Wildman–Crippen LogP) is 0.0563. The van der Waals surface area contributed by atoms with Crippen molar-refractivity contribution in [1.82, 2.24) is 10.2 Å². The molecule has 3 amide bonds. The topological polar surface area (TPSA) is 75.7 Å². The molecule has 1 saturated heterocycles. The highest BCUT2D eigenvalue weighted by atomic mass is 35.5. The molecule has 1 rings (SSSR count). The Kier molecular flexibility index (Phi) is 3.18. The quantitative estimate of drug-likeness (QED) is 0.514. The van der Waals surface area contributed by atoms with Gasteiger partial charge in [-0.3, -0.25) is 19.8 Å². The third-order valence-corrected chi connectivity index (χ3v) is 2.29. The second-order valence-corrected chi connectivity index (χ2v) is 3.76. The van der Waals surface area contributed by atoms with E-state index < -0.39 is 23.4 Å². The summed E-state index contributed by atoms with van der Waals surface area (Å²) in [6.07, 6.45) is -0.779. The Balaban J connectivity index is 2.88. The van der Waals surface area contributed by atoms with Crippen molar-refractivity contribution >= 4 is 29.5 Å². The fourth-order valence-electron chi connectivity index (χ4n) is 1.20. The van der Waals surface area contributed by atoms with Crippen LogP contribution in [0.15, 0.2) is 0 Å². The third-order valence-electron chi connectivity index (χ3n) is 2.18. The van der Waals surface area contributed by atoms with Crippen LogP contribution in [0.1, 0.15) is 13.8 Å². The van der Waals surface area contributed by atoms with Gasteiger partial charge in [-0.1, -0.05) is 11.6 Å². The van der Waals surface area contributed by atoms with Crippen molar-refractivity contribution in [1.29, 1.82) is 0 Å². The molecule has 0 aromatic rings. The van der Waals surface area contributed by atoms with E-state index in [2.05, 4.69) is 10.1 Å². The maximum atomic E-state index is 11.4. The third kappa shape index (κ3) is 2.20. The fourth-order valence-corrected chi connectivity index (χ4v) is 1.29. The Morgan fingerprint density at radius 2 is 2.20 bits per heavy atom. The van der Waals surface area contributed by atoms with Crippen molar-refractivity contribution in [3.63, 3.8) is 0 Å². The lowest BCUT2D eigenvalue weighted by Gasteiger charge is -2.38. The smallest absolute Gasteiger partial charge is 0.412 e. The highest BCUT2D eigenvalue weighted by molar-refractivity contribution is 6.17. The van der Waals surface area contributed by atoms with Gasteiger partial charge in [-0.05, 0) is 13.8 Å². The SMILES string of the molecule is CC1(C)C(=O)NC(=O)CN1C(=O)OCCl. The second kappa shape index (κ2) is 4.06. The summed E-state index contributed by atoms with van der Waals surface area (Å²) >= 11 is 5.23. The van der Waals surface area contributed by atoms with E-state index in [4.69, 9.17) is 11.6 Å². The van der Waals surface area contributed by atoms with Crippen molar-refractivity contribution in [2.75, 3.05) is 12.6 Å². The van der Waals surface area contributed by atoms with Crippen LogP contribution in [0.25, 0.3) is 0 Å². The first-order valence-corrected chi connectivity index (χ1v) is 4.77. The number of rotatable bonds is 1. The summed E-state index contributed by atoms with van der Waals surface area (Å²) in [6, 6.07) is -0.318. The Labute approximate surface area is 91.5 Å². The van der Waals surface area contributed by atoms with E-state index in [1.54, 1.807) is 0 Å². The molecule has 0 bridgehead atoms. The molecule has 0 atom stereocenters. The molecule has 0 aromatic carbocycles. The largest absolute Gasteiger partial charge is 0.433 e. The highest BCUT2D eigenvalue weighted by Gasteiger charge is 2.44. The van der Waals surface area contributed by atoms with Gasteiger partial charge in [0.2, 0.25) is 5.91 Å². The number of hydrogen-bond donors (Lipinski definition) is 1. The van der Waals surface area contributed by atoms with E-state index >= 15 is 0 Å². The van der Waals surface area contributed by atoms with Gasteiger partial charge in [-0.15, -0.1) is 0 Å². The number of piperazine rings is 1. The molecule has 84 valence electrons. The summed E-state index contributed by atoms with van der Waals surface area (Å²) in [4.78, 5) is 34.9. The van der Waals surface area contributed by atoms with Crippen molar-refractivity contribution in [3.05, 3.63) is 0 Å². The van der Waals surface area contributed by atoms with Gasteiger partial charge in [0.05, 0.1) is 0 Å². The normalized spacial score (nSPS) is 19.8. The molecule has 0 spiro atoms. The number of amides is 3. The number of carbonyl (C=O) groups excluding carboxylic acids is 3. The molecule has 6 nitrogen and oxygen atoms in total. The van der Waals surface area contributed by atoms with Crippen LogP contribution in [-0.2, 0) is 14.3 Å². The monoisotopic (exact) mass is 234 g/mol. The summed E-state index contributed by atoms with van der Waals surface area (Å²) < 4.78 is 4.53. The average molecular weight is 235 g/mol. The molecule has 15 heavy (non-hydrogen) atoms. The Bertz CT molecular complexity index is 316. The van der Waals surface area contributed by atoms with Gasteiger partial charge in [0.1, 0.15) is 12.1 Å². The summed E-state index contributed by atoms with van der Waals surface area (Å²) in [7, 11) is 0. The molecule has 1 aliphatic heterocycles. The maximum absolute atomic E-state index is 11.4. The van der Waals surface area contributed by atoms with Crippen LogP contribution in [-0.4, -0.2) is 41.0 Å². The molecular formula is C8H11ClN2O4. The van der Waals surface area contributed by atoms with Crippen molar-refractivity contribution in [3.8, 4) is 0 Å². The number of nitrogens with one attached hydrogen (secondary N) is 1. The van der Waals surface area contributed by atoms with Gasteiger partial charge in [0.15, 0.2) is 6.07 Å². The number of imide groups is 1. The fraction of sp³-hybridized carbons (Fsp3) is 0.625. The van der Waals surface area contributed by atoms with Crippen molar-refractivity contribution in [2.24, 2.45) is 0 Å². The van der Waals surface area contributed by atoms with E-state index in [0.29, 0.717) is 0 Å². The van der Waals surface area contributed by atoms with Crippen LogP contribution in [0.5, 0.6) is 0 Å². The molecule has 0 radical (unpaired) electrons. The van der Waals surface area contributed by atoms with Crippen LogP contribution in [0.3, 0.4) is 0 Å². The van der Waals surface area contributed by atoms with Gasteiger partial charge in [-0.25, -0.2) is 4.79 Å². The summed E-state index contributed by atoms with van der Waals surface area (Å²) in [5, 5.41) is 2.14. The van der Waals surface area contributed by atoms with Crippen LogP contribution in [0.2, 0.25) is 0 Å². The van der Waals surface area contributed by atoms with Crippen LogP contribution >= 0.6 is 11.6 Å². The number of nitrogens with zero attached hydrogens (tertiary/aromatic N) is 1. The number of hydrogen-bond acceptors (Lipinski definition) is 4. The zero-order valence-corrected chi connectivity index (χ0v) is 9.13. The van der Waals surface area contributed by atoms with Gasteiger partial charge < -0.3 is 4.74 Å². The first-order valence-electron chi connectivity index (χ1n) is 4.24. The molecule has 1 aliphatic rings. The predicted molar refractivity (Wildman–Crippen MR) is 51.1 cm³/mol. The molecule has 1 N–H and O–H groups in total. The molecule has 1 fully saturated rings. The minimum absolute atomic E-state index is 0.214. The number of ether oxygens (including phenoxy) is 1. The zero-order chi connectivity index (χ0) is 11.6. The van der Waals surface area contributed by atoms with E-state index in [0.717, 1.165) is 4.90 Å². The van der Waals surface area contributed by atoms with Crippen LogP contribution in [0.4, 0.5) is 4.79 Å². The summed E-state index contributed by atoms with van der Waals surface area (Å²) in [5.74, 6) is -1.07. The average Bonchev–Trinajstić information content (AvgIpc) is 2.12. The van der Waals surface area contributed by atoms with Gasteiger partial charge in [0.25, 0.3) is 5.91 Å². The van der Waals surface area contributed by atoms with E-state index in [9.17, 15) is 14.4 Å². The first-order chi connectivity index (χ1) is 6.89. The molecule has 0 saturated carbocycles. The summed E-state index contributed by atoms with van der Waals surface area (Å²) in [6.45, 7) is 2.82. The molecular weight excluding hydrogens is 224 g/mol. The number of carbonyl (C=O) groups is 3. The Morgan fingerprint density at radius 3 is 2.73 bits per heavy atom. The minimum Gasteiger partial charge on any atom is -0.433 e. The maximum Gasteiger partial charge on any atom is 0.412 e. The lowest BCUT2D eigenvalue weighted by atomic mass is 9.99. The van der Waals surface area contributed by atoms with Gasteiger partial charge in [-0.2, -0.15) is 0 Å². The lowest BCUT2D eigenvalue weighted by molar-refractivity contribution is -0.143. The van der Waals surface area contributed by atoms with E-state index in [1.165, 1.54) is 13.8 Å². The summed E-state index contributed by atoms with van der Waals surface area (Å²) in [5.41, 5.74) is -1.11. The minimum atomic E-state index is -1.11. The van der Waals surface area contributed by atoms with Crippen LogP contribution < -0.4 is 5.32 Å². The molecule has 0 unspecified atom stereocenters. The number of halogens is 1. The zero-order valence-electron chi connectivity index (χ0n) is 8.37. The van der Waals surface area contributed by atoms with Crippen molar-refractivity contribution in [2.45, 2.75) is 19.4 Å². The lowest BCUT2D eigenvalue weighted by Crippen LogP contribution is -2.65. The molecule has 0 aliphatic carbocycles. The standard InChI is InChI=1S/C8H11ClN2O4/c1-8(2)6(13)10-5(12)3-11(8)7(14)15-4-9/h3-4H2,1-2H3,(H,10,12,13). The van der Waals surface area contributed by atoms with Gasteiger partial charge >= 0.3 is 6.09 Å². The molecule has 1 heterocycles. The van der Waals surface area contributed by atoms with Crippen LogP contribution in [0, 0.1) is 0 Å². The van der Waals surface area contributed by atoms with E-state index in [1.807, 2.05) is 0 Å². The second-order valence-electron chi connectivity index (χ2n) is 3.54. The van der Waals surface area contributed by atoms with E-state index in [-0.39, 0.29) is 12.6 Å². The van der Waals surface area contributed by atoms with Crippen molar-refractivity contribution < 1.29 is 19.1 Å².